The van der Waals surface area contributed by atoms with Crippen molar-refractivity contribution >= 4 is 0 Å². The van der Waals surface area contributed by atoms with Gasteiger partial charge in [0.05, 0.1) is 6.10 Å². The van der Waals surface area contributed by atoms with Gasteiger partial charge in [-0.05, 0) is 52.3 Å². The Labute approximate surface area is 110 Å². The molecule has 0 aliphatic carbocycles. The first-order valence-corrected chi connectivity index (χ1v) is 6.29. The number of benzene rings is 1. The summed E-state index contributed by atoms with van der Waals surface area (Å²) >= 11 is 0. The van der Waals surface area contributed by atoms with E-state index < -0.39 is 0 Å². The van der Waals surface area contributed by atoms with Gasteiger partial charge in [-0.25, -0.2) is 0 Å². The first-order chi connectivity index (χ1) is 8.31. The van der Waals surface area contributed by atoms with E-state index in [4.69, 9.17) is 14.2 Å². The molecule has 0 aliphatic heterocycles. The van der Waals surface area contributed by atoms with E-state index in [1.54, 1.807) is 7.11 Å². The van der Waals surface area contributed by atoms with Crippen LogP contribution in [0, 0.1) is 0 Å². The van der Waals surface area contributed by atoms with E-state index in [0.717, 1.165) is 11.3 Å². The Morgan fingerprint density at radius 3 is 2.00 bits per heavy atom. The Morgan fingerprint density at radius 1 is 1.00 bits per heavy atom. The summed E-state index contributed by atoms with van der Waals surface area (Å²) in [6, 6.07) is 7.98. The van der Waals surface area contributed by atoms with Crippen molar-refractivity contribution in [2.45, 2.75) is 52.6 Å². The topological polar surface area (TPSA) is 27.7 Å². The normalized spacial score (nSPS) is 15.2. The van der Waals surface area contributed by atoms with Gasteiger partial charge in [-0.2, -0.15) is 0 Å². The third-order valence-electron chi connectivity index (χ3n) is 2.50. The minimum Gasteiger partial charge on any atom is -0.488 e. The van der Waals surface area contributed by atoms with E-state index in [-0.39, 0.29) is 18.0 Å². The van der Waals surface area contributed by atoms with Gasteiger partial charge in [-0.1, -0.05) is 12.1 Å². The van der Waals surface area contributed by atoms with Crippen molar-refractivity contribution in [3.8, 4) is 5.75 Å². The molecular weight excluding hydrogens is 228 g/mol. The van der Waals surface area contributed by atoms with E-state index >= 15 is 0 Å². The van der Waals surface area contributed by atoms with Crippen LogP contribution in [-0.4, -0.2) is 19.0 Å². The molecule has 1 rings (SSSR count). The van der Waals surface area contributed by atoms with Crippen LogP contribution in [0.2, 0.25) is 0 Å². The van der Waals surface area contributed by atoms with Gasteiger partial charge in [0.2, 0.25) is 0 Å². The standard InChI is InChI=1S/C15H24O3/c1-11(17-12(2)16-6)13-7-9-14(10-8-13)18-15(3,4)5/h7-12H,1-6H3. The van der Waals surface area contributed by atoms with Gasteiger partial charge in [0.1, 0.15) is 11.4 Å². The molecule has 1 aromatic carbocycles. The Balaban J connectivity index is 2.65. The van der Waals surface area contributed by atoms with Crippen molar-refractivity contribution in [2.75, 3.05) is 7.11 Å². The van der Waals surface area contributed by atoms with Gasteiger partial charge in [0.25, 0.3) is 0 Å². The van der Waals surface area contributed by atoms with Gasteiger partial charge in [-0.15, -0.1) is 0 Å². The Bertz CT molecular complexity index is 351. The lowest BCUT2D eigenvalue weighted by molar-refractivity contribution is -0.140. The first kappa shape index (κ1) is 15.0. The Morgan fingerprint density at radius 2 is 1.56 bits per heavy atom. The fraction of sp³-hybridized carbons (Fsp3) is 0.600. The molecule has 3 heteroatoms. The molecule has 1 aromatic rings. The summed E-state index contributed by atoms with van der Waals surface area (Å²) in [5.74, 6) is 0.873. The maximum atomic E-state index is 5.77. The van der Waals surface area contributed by atoms with Crippen LogP contribution in [0.5, 0.6) is 5.75 Å². The maximum Gasteiger partial charge on any atom is 0.155 e. The van der Waals surface area contributed by atoms with Crippen LogP contribution >= 0.6 is 0 Å². The van der Waals surface area contributed by atoms with E-state index in [0.29, 0.717) is 0 Å². The third kappa shape index (κ3) is 5.07. The van der Waals surface area contributed by atoms with Crippen molar-refractivity contribution in [2.24, 2.45) is 0 Å². The second-order valence-corrected chi connectivity index (χ2v) is 5.37. The van der Waals surface area contributed by atoms with Crippen molar-refractivity contribution in [3.05, 3.63) is 29.8 Å². The molecule has 0 bridgehead atoms. The lowest BCUT2D eigenvalue weighted by atomic mass is 10.1. The summed E-state index contributed by atoms with van der Waals surface area (Å²) in [7, 11) is 1.64. The third-order valence-corrected chi connectivity index (χ3v) is 2.50. The van der Waals surface area contributed by atoms with Gasteiger partial charge < -0.3 is 14.2 Å². The van der Waals surface area contributed by atoms with Crippen molar-refractivity contribution in [3.63, 3.8) is 0 Å². The average molecular weight is 252 g/mol. The minimum absolute atomic E-state index is 0.00337. The molecule has 0 heterocycles. The van der Waals surface area contributed by atoms with Crippen LogP contribution in [-0.2, 0) is 9.47 Å². The van der Waals surface area contributed by atoms with Crippen molar-refractivity contribution in [1.29, 1.82) is 0 Å². The zero-order valence-electron chi connectivity index (χ0n) is 12.2. The molecule has 0 saturated carbocycles. The predicted octanol–water partition coefficient (Wildman–Crippen LogP) is 3.93. The lowest BCUT2D eigenvalue weighted by Crippen LogP contribution is -2.22. The average Bonchev–Trinajstić information content (AvgIpc) is 2.27. The molecule has 0 amide bonds. The quantitative estimate of drug-likeness (QED) is 0.743. The van der Waals surface area contributed by atoms with Gasteiger partial charge in [0.15, 0.2) is 6.29 Å². The van der Waals surface area contributed by atoms with E-state index in [2.05, 4.69) is 0 Å². The van der Waals surface area contributed by atoms with Crippen LogP contribution in [0.1, 0.15) is 46.3 Å². The second kappa shape index (κ2) is 6.21. The molecule has 0 fully saturated rings. The first-order valence-electron chi connectivity index (χ1n) is 6.29. The van der Waals surface area contributed by atoms with Crippen molar-refractivity contribution in [1.82, 2.24) is 0 Å². The number of rotatable bonds is 5. The molecule has 2 atom stereocenters. The molecule has 0 saturated heterocycles. The molecule has 0 aromatic heterocycles. The van der Waals surface area contributed by atoms with Gasteiger partial charge in [0, 0.05) is 7.11 Å². The largest absolute Gasteiger partial charge is 0.488 e. The maximum absolute atomic E-state index is 5.77. The molecule has 2 unspecified atom stereocenters. The van der Waals surface area contributed by atoms with Crippen molar-refractivity contribution < 1.29 is 14.2 Å². The van der Waals surface area contributed by atoms with E-state index in [1.807, 2.05) is 58.9 Å². The molecule has 3 nitrogen and oxygen atoms in total. The smallest absolute Gasteiger partial charge is 0.155 e. The minimum atomic E-state index is -0.203. The fourth-order valence-corrected chi connectivity index (χ4v) is 1.58. The molecule has 102 valence electrons. The number of hydrogen-bond acceptors (Lipinski definition) is 3. The molecule has 0 N–H and O–H groups in total. The Hall–Kier alpha value is -1.06. The summed E-state index contributed by atoms with van der Waals surface area (Å²) in [5.41, 5.74) is 0.939. The molecule has 0 aliphatic rings. The van der Waals surface area contributed by atoms with Crippen LogP contribution in [0.25, 0.3) is 0 Å². The summed E-state index contributed by atoms with van der Waals surface area (Å²) in [5, 5.41) is 0. The zero-order valence-corrected chi connectivity index (χ0v) is 12.2. The second-order valence-electron chi connectivity index (χ2n) is 5.37. The SMILES string of the molecule is COC(C)OC(C)c1ccc(OC(C)(C)C)cc1. The van der Waals surface area contributed by atoms with Crippen LogP contribution < -0.4 is 4.74 Å². The molecule has 18 heavy (non-hydrogen) atoms. The molecule has 0 radical (unpaired) electrons. The van der Waals surface area contributed by atoms with E-state index in [9.17, 15) is 0 Å². The highest BCUT2D eigenvalue weighted by Crippen LogP contribution is 2.23. The highest BCUT2D eigenvalue weighted by molar-refractivity contribution is 5.28. The highest BCUT2D eigenvalue weighted by Gasteiger charge is 2.13. The zero-order chi connectivity index (χ0) is 13.8. The lowest BCUT2D eigenvalue weighted by Gasteiger charge is -2.22. The van der Waals surface area contributed by atoms with Gasteiger partial charge in [-0.3, -0.25) is 0 Å². The fourth-order valence-electron chi connectivity index (χ4n) is 1.58. The number of ether oxygens (including phenoxy) is 3. The number of methoxy groups -OCH3 is 1. The summed E-state index contributed by atoms with van der Waals surface area (Å²) in [6.45, 7) is 10.00. The highest BCUT2D eigenvalue weighted by atomic mass is 16.7. The number of hydrogen-bond donors (Lipinski definition) is 0. The summed E-state index contributed by atoms with van der Waals surface area (Å²) in [4.78, 5) is 0. The molecular formula is C15H24O3. The summed E-state index contributed by atoms with van der Waals surface area (Å²) < 4.78 is 16.5. The summed E-state index contributed by atoms with van der Waals surface area (Å²) in [6.07, 6.45) is -0.200. The van der Waals surface area contributed by atoms with Crippen LogP contribution in [0.3, 0.4) is 0 Å². The Kier molecular flexibility index (Phi) is 5.17. The van der Waals surface area contributed by atoms with Crippen LogP contribution in [0.15, 0.2) is 24.3 Å². The van der Waals surface area contributed by atoms with E-state index in [1.165, 1.54) is 0 Å². The van der Waals surface area contributed by atoms with Crippen LogP contribution in [0.4, 0.5) is 0 Å². The molecule has 0 spiro atoms. The predicted molar refractivity (Wildman–Crippen MR) is 72.8 cm³/mol. The van der Waals surface area contributed by atoms with Gasteiger partial charge >= 0.3 is 0 Å². The monoisotopic (exact) mass is 252 g/mol.